The second-order valence-corrected chi connectivity index (χ2v) is 9.18. The third kappa shape index (κ3) is 4.71. The van der Waals surface area contributed by atoms with E-state index in [4.69, 9.17) is 4.74 Å². The maximum atomic E-state index is 13.0. The Morgan fingerprint density at radius 2 is 1.76 bits per heavy atom. The fourth-order valence-electron chi connectivity index (χ4n) is 2.60. The second-order valence-electron chi connectivity index (χ2n) is 7.28. The predicted octanol–water partition coefficient (Wildman–Crippen LogP) is 1.16. The molecule has 25 heavy (non-hydrogen) atoms. The highest BCUT2D eigenvalue weighted by Crippen LogP contribution is 2.28. The third-order valence-electron chi connectivity index (χ3n) is 3.99. The summed E-state index contributed by atoms with van der Waals surface area (Å²) < 4.78 is 32.7. The summed E-state index contributed by atoms with van der Waals surface area (Å²) >= 11 is 0. The number of carbonyl (C=O) groups is 1. The Morgan fingerprint density at radius 3 is 2.28 bits per heavy atom. The van der Waals surface area contributed by atoms with Gasteiger partial charge in [0.25, 0.3) is 5.91 Å². The van der Waals surface area contributed by atoms with Gasteiger partial charge in [0.15, 0.2) is 0 Å². The molecule has 1 fully saturated rings. The van der Waals surface area contributed by atoms with Gasteiger partial charge in [-0.05, 0) is 46.0 Å². The zero-order valence-corrected chi connectivity index (χ0v) is 16.3. The molecule has 0 aromatic heterocycles. The first kappa shape index (κ1) is 19.7. The first-order valence-corrected chi connectivity index (χ1v) is 9.68. The van der Waals surface area contributed by atoms with Crippen LogP contribution >= 0.6 is 0 Å². The number of likely N-dealkylation sites (N-methyl/N-ethyl adjacent to an activating group) is 1. The minimum atomic E-state index is -3.73. The molecule has 0 aliphatic carbocycles. The highest BCUT2D eigenvalue weighted by Gasteiger charge is 2.31. The van der Waals surface area contributed by atoms with E-state index >= 15 is 0 Å². The van der Waals surface area contributed by atoms with Crippen molar-refractivity contribution in [2.45, 2.75) is 31.2 Å². The van der Waals surface area contributed by atoms with E-state index in [9.17, 15) is 13.2 Å². The number of piperazine rings is 1. The van der Waals surface area contributed by atoms with Crippen LogP contribution in [-0.4, -0.2) is 69.4 Å². The zero-order chi connectivity index (χ0) is 18.8. The quantitative estimate of drug-likeness (QED) is 0.862. The highest BCUT2D eigenvalue weighted by atomic mass is 32.2. The van der Waals surface area contributed by atoms with Crippen molar-refractivity contribution in [2.75, 3.05) is 40.3 Å². The van der Waals surface area contributed by atoms with E-state index in [2.05, 4.69) is 10.2 Å². The van der Waals surface area contributed by atoms with Crippen molar-refractivity contribution < 1.29 is 17.9 Å². The fraction of sp³-hybridized carbons (Fsp3) is 0.588. The van der Waals surface area contributed by atoms with Gasteiger partial charge in [0.05, 0.1) is 7.11 Å². The van der Waals surface area contributed by atoms with E-state index in [0.717, 1.165) is 0 Å². The minimum Gasteiger partial charge on any atom is -0.495 e. The number of sulfonamides is 1. The van der Waals surface area contributed by atoms with Crippen LogP contribution in [0, 0.1) is 0 Å². The van der Waals surface area contributed by atoms with Gasteiger partial charge >= 0.3 is 0 Å². The summed E-state index contributed by atoms with van der Waals surface area (Å²) in [6.45, 7) is 7.79. The highest BCUT2D eigenvalue weighted by molar-refractivity contribution is 7.89. The van der Waals surface area contributed by atoms with Crippen molar-refractivity contribution in [3.8, 4) is 5.75 Å². The van der Waals surface area contributed by atoms with Crippen LogP contribution < -0.4 is 10.1 Å². The molecule has 1 N–H and O–H groups in total. The van der Waals surface area contributed by atoms with Gasteiger partial charge in [-0.3, -0.25) is 4.79 Å². The van der Waals surface area contributed by atoms with Gasteiger partial charge in [0.2, 0.25) is 10.0 Å². The molecule has 7 nitrogen and oxygen atoms in total. The molecule has 1 aliphatic rings. The van der Waals surface area contributed by atoms with E-state index in [1.165, 1.54) is 23.5 Å². The van der Waals surface area contributed by atoms with Crippen molar-refractivity contribution >= 4 is 15.9 Å². The Bertz CT molecular complexity index is 733. The van der Waals surface area contributed by atoms with Gasteiger partial charge in [-0.1, -0.05) is 0 Å². The van der Waals surface area contributed by atoms with E-state index in [-0.39, 0.29) is 16.6 Å². The average molecular weight is 369 g/mol. The molecule has 8 heteroatoms. The summed E-state index contributed by atoms with van der Waals surface area (Å²) in [4.78, 5) is 14.5. The lowest BCUT2D eigenvalue weighted by Gasteiger charge is -2.32. The number of amides is 1. The summed E-state index contributed by atoms with van der Waals surface area (Å²) in [6, 6.07) is 4.50. The zero-order valence-electron chi connectivity index (χ0n) is 15.5. The van der Waals surface area contributed by atoms with Crippen LogP contribution in [0.5, 0.6) is 5.75 Å². The number of nitrogens with one attached hydrogen (secondary N) is 1. The largest absolute Gasteiger partial charge is 0.495 e. The molecule has 1 aliphatic heterocycles. The van der Waals surface area contributed by atoms with Gasteiger partial charge in [0, 0.05) is 37.3 Å². The molecule has 1 heterocycles. The molecule has 0 radical (unpaired) electrons. The Hall–Kier alpha value is -1.64. The second kappa shape index (κ2) is 7.31. The van der Waals surface area contributed by atoms with Crippen LogP contribution in [0.25, 0.3) is 0 Å². The molecule has 0 saturated carbocycles. The molecule has 140 valence electrons. The summed E-state index contributed by atoms with van der Waals surface area (Å²) in [5.41, 5.74) is -0.114. The van der Waals surface area contributed by atoms with Crippen molar-refractivity contribution in [3.63, 3.8) is 0 Å². The van der Waals surface area contributed by atoms with Crippen LogP contribution in [0.15, 0.2) is 23.1 Å². The Kier molecular flexibility index (Phi) is 5.75. The first-order chi connectivity index (χ1) is 11.5. The molecule has 2 rings (SSSR count). The van der Waals surface area contributed by atoms with Crippen LogP contribution in [0.4, 0.5) is 0 Å². The van der Waals surface area contributed by atoms with Crippen LogP contribution in [0.2, 0.25) is 0 Å². The van der Waals surface area contributed by atoms with E-state index in [1.807, 2.05) is 27.8 Å². The number of nitrogens with zero attached hydrogens (tertiary/aromatic N) is 2. The Labute approximate surface area is 150 Å². The monoisotopic (exact) mass is 369 g/mol. The van der Waals surface area contributed by atoms with Crippen molar-refractivity contribution in [1.82, 2.24) is 14.5 Å². The molecule has 1 amide bonds. The van der Waals surface area contributed by atoms with Crippen molar-refractivity contribution in [2.24, 2.45) is 0 Å². The van der Waals surface area contributed by atoms with Crippen LogP contribution in [-0.2, 0) is 10.0 Å². The fourth-order valence-corrected chi connectivity index (χ4v) is 4.20. The molecular formula is C17H27N3O4S. The molecule has 1 saturated heterocycles. The maximum Gasteiger partial charge on any atom is 0.251 e. The minimum absolute atomic E-state index is 0.0288. The Balaban J connectivity index is 2.38. The number of rotatable bonds is 4. The number of hydrogen-bond acceptors (Lipinski definition) is 5. The summed E-state index contributed by atoms with van der Waals surface area (Å²) in [7, 11) is -0.342. The van der Waals surface area contributed by atoms with Crippen LogP contribution in [0.3, 0.4) is 0 Å². The molecule has 1 aromatic rings. The predicted molar refractivity (Wildman–Crippen MR) is 96.5 cm³/mol. The van der Waals surface area contributed by atoms with E-state index < -0.39 is 15.6 Å². The number of carbonyl (C=O) groups excluding carboxylic acids is 1. The number of methoxy groups -OCH3 is 1. The lowest BCUT2D eigenvalue weighted by atomic mass is 10.1. The summed E-state index contributed by atoms with van der Waals surface area (Å²) in [5, 5.41) is 2.84. The number of ether oxygens (including phenoxy) is 1. The average Bonchev–Trinajstić information content (AvgIpc) is 2.53. The van der Waals surface area contributed by atoms with Crippen molar-refractivity contribution in [3.05, 3.63) is 23.8 Å². The summed E-state index contributed by atoms with van der Waals surface area (Å²) in [5.74, 6) is -0.0729. The van der Waals surface area contributed by atoms with Gasteiger partial charge < -0.3 is 15.0 Å². The molecule has 1 aromatic carbocycles. The molecular weight excluding hydrogens is 342 g/mol. The first-order valence-electron chi connectivity index (χ1n) is 8.24. The molecule has 0 atom stereocenters. The van der Waals surface area contributed by atoms with Gasteiger partial charge in [-0.15, -0.1) is 0 Å². The molecule has 0 bridgehead atoms. The smallest absolute Gasteiger partial charge is 0.251 e. The van der Waals surface area contributed by atoms with Crippen LogP contribution in [0.1, 0.15) is 31.1 Å². The number of hydrogen-bond donors (Lipinski definition) is 1. The standard InChI is InChI=1S/C17H27N3O4S/c1-17(2,3)18-16(21)13-6-7-14(24-5)15(12-13)25(22,23)20-10-8-19(4)9-11-20/h6-7,12H,8-11H2,1-5H3,(H,18,21). The SMILES string of the molecule is COc1ccc(C(=O)NC(C)(C)C)cc1S(=O)(=O)N1CCN(C)CC1. The molecule has 0 spiro atoms. The van der Waals surface area contributed by atoms with Gasteiger partial charge in [-0.2, -0.15) is 4.31 Å². The van der Waals surface area contributed by atoms with Gasteiger partial charge in [0.1, 0.15) is 10.6 Å². The lowest BCUT2D eigenvalue weighted by Crippen LogP contribution is -2.47. The maximum absolute atomic E-state index is 13.0. The van der Waals surface area contributed by atoms with E-state index in [0.29, 0.717) is 31.7 Å². The van der Waals surface area contributed by atoms with Gasteiger partial charge in [-0.25, -0.2) is 8.42 Å². The molecule has 0 unspecified atom stereocenters. The normalized spacial score (nSPS) is 17.3. The Morgan fingerprint density at radius 1 is 1.16 bits per heavy atom. The van der Waals surface area contributed by atoms with Crippen molar-refractivity contribution in [1.29, 1.82) is 0 Å². The number of benzene rings is 1. The third-order valence-corrected chi connectivity index (χ3v) is 5.91. The summed E-state index contributed by atoms with van der Waals surface area (Å²) in [6.07, 6.45) is 0. The topological polar surface area (TPSA) is 78.9 Å². The van der Waals surface area contributed by atoms with E-state index in [1.54, 1.807) is 6.07 Å². The lowest BCUT2D eigenvalue weighted by molar-refractivity contribution is 0.0919.